The molecule has 3 aromatic carbocycles. The molecule has 0 bridgehead atoms. The lowest BCUT2D eigenvalue weighted by Crippen LogP contribution is -2.23. The van der Waals surface area contributed by atoms with E-state index in [1.165, 1.54) is 12.1 Å². The van der Waals surface area contributed by atoms with Crippen molar-refractivity contribution in [3.8, 4) is 0 Å². The number of ether oxygens (including phenoxy) is 1. The Labute approximate surface area is 166 Å². The van der Waals surface area contributed by atoms with Crippen LogP contribution >= 0.6 is 0 Å². The zero-order valence-electron chi connectivity index (χ0n) is 15.2. The molecule has 3 rings (SSSR count). The molecule has 0 aromatic heterocycles. The Morgan fingerprint density at radius 2 is 1.45 bits per heavy atom. The van der Waals surface area contributed by atoms with Gasteiger partial charge in [-0.25, -0.2) is 9.18 Å². The molecule has 0 unspecified atom stereocenters. The zero-order chi connectivity index (χ0) is 20.6. The van der Waals surface area contributed by atoms with Gasteiger partial charge < -0.3 is 15.4 Å². The Bertz CT molecular complexity index is 1020. The number of halogens is 1. The molecule has 0 aliphatic rings. The predicted molar refractivity (Wildman–Crippen MR) is 106 cm³/mol. The van der Waals surface area contributed by atoms with Crippen molar-refractivity contribution in [2.24, 2.45) is 0 Å². The van der Waals surface area contributed by atoms with Gasteiger partial charge in [0.15, 0.2) is 6.61 Å². The number of esters is 1. The number of anilines is 2. The molecule has 0 aliphatic heterocycles. The number of hydrogen-bond acceptors (Lipinski definition) is 4. The lowest BCUT2D eigenvalue weighted by atomic mass is 10.1. The van der Waals surface area contributed by atoms with E-state index in [-0.39, 0.29) is 16.8 Å². The number of para-hydroxylation sites is 2. The molecule has 0 spiro atoms. The van der Waals surface area contributed by atoms with Gasteiger partial charge in [0.1, 0.15) is 5.82 Å². The van der Waals surface area contributed by atoms with E-state index in [0.29, 0.717) is 5.69 Å². The molecule has 0 saturated heterocycles. The summed E-state index contributed by atoms with van der Waals surface area (Å²) in [5, 5.41) is 5.30. The summed E-state index contributed by atoms with van der Waals surface area (Å²) in [5.41, 5.74) is 1.28. The molecular formula is C22H17FN2O4. The predicted octanol–water partition coefficient (Wildman–Crippen LogP) is 3.87. The fourth-order valence-corrected chi connectivity index (χ4v) is 2.50. The Morgan fingerprint density at radius 3 is 2.17 bits per heavy atom. The average Bonchev–Trinajstić information content (AvgIpc) is 2.73. The maximum Gasteiger partial charge on any atom is 0.338 e. The van der Waals surface area contributed by atoms with Gasteiger partial charge >= 0.3 is 5.97 Å². The first-order valence-electron chi connectivity index (χ1n) is 8.71. The van der Waals surface area contributed by atoms with Crippen molar-refractivity contribution in [3.63, 3.8) is 0 Å². The normalized spacial score (nSPS) is 10.1. The third kappa shape index (κ3) is 5.49. The molecule has 29 heavy (non-hydrogen) atoms. The van der Waals surface area contributed by atoms with Crippen LogP contribution in [0.5, 0.6) is 0 Å². The fourth-order valence-electron chi connectivity index (χ4n) is 2.50. The highest BCUT2D eigenvalue weighted by Crippen LogP contribution is 2.17. The van der Waals surface area contributed by atoms with Gasteiger partial charge in [0.25, 0.3) is 11.8 Å². The monoisotopic (exact) mass is 392 g/mol. The van der Waals surface area contributed by atoms with Gasteiger partial charge in [-0.05, 0) is 48.5 Å². The quantitative estimate of drug-likeness (QED) is 0.624. The lowest BCUT2D eigenvalue weighted by molar-refractivity contribution is -0.119. The summed E-state index contributed by atoms with van der Waals surface area (Å²) in [6, 6.07) is 20.1. The average molecular weight is 392 g/mol. The van der Waals surface area contributed by atoms with Gasteiger partial charge in [-0.1, -0.05) is 30.3 Å². The van der Waals surface area contributed by atoms with Crippen molar-refractivity contribution in [2.75, 3.05) is 17.2 Å². The van der Waals surface area contributed by atoms with Gasteiger partial charge in [0.2, 0.25) is 0 Å². The largest absolute Gasteiger partial charge is 0.452 e. The van der Waals surface area contributed by atoms with E-state index < -0.39 is 30.2 Å². The van der Waals surface area contributed by atoms with E-state index in [1.807, 2.05) is 6.07 Å². The van der Waals surface area contributed by atoms with E-state index in [2.05, 4.69) is 10.6 Å². The van der Waals surface area contributed by atoms with Gasteiger partial charge in [0, 0.05) is 5.69 Å². The van der Waals surface area contributed by atoms with Gasteiger partial charge in [-0.2, -0.15) is 0 Å². The molecule has 0 radical (unpaired) electrons. The van der Waals surface area contributed by atoms with Crippen LogP contribution in [-0.2, 0) is 9.53 Å². The van der Waals surface area contributed by atoms with Crippen LogP contribution in [-0.4, -0.2) is 24.4 Å². The van der Waals surface area contributed by atoms with Gasteiger partial charge in [-0.3, -0.25) is 9.59 Å². The van der Waals surface area contributed by atoms with Crippen molar-refractivity contribution in [1.82, 2.24) is 0 Å². The lowest BCUT2D eigenvalue weighted by Gasteiger charge is -2.12. The van der Waals surface area contributed by atoms with Gasteiger partial charge in [-0.15, -0.1) is 0 Å². The number of carbonyl (C=O) groups is 3. The molecule has 3 aromatic rings. The summed E-state index contributed by atoms with van der Waals surface area (Å²) in [6.07, 6.45) is 0. The molecule has 7 heteroatoms. The second-order valence-corrected chi connectivity index (χ2v) is 6.00. The highest BCUT2D eigenvalue weighted by atomic mass is 19.1. The van der Waals surface area contributed by atoms with E-state index in [9.17, 15) is 18.8 Å². The van der Waals surface area contributed by atoms with Crippen molar-refractivity contribution >= 4 is 29.2 Å². The van der Waals surface area contributed by atoms with Crippen molar-refractivity contribution < 1.29 is 23.5 Å². The summed E-state index contributed by atoms with van der Waals surface area (Å²) in [5.74, 6) is -2.24. The minimum Gasteiger partial charge on any atom is -0.452 e. The maximum atomic E-state index is 12.9. The SMILES string of the molecule is O=C(COC(=O)c1ccc(F)cc1)Nc1ccccc1C(=O)Nc1ccccc1. The molecule has 146 valence electrons. The Morgan fingerprint density at radius 1 is 0.793 bits per heavy atom. The van der Waals surface area contributed by atoms with Crippen LogP contribution in [0.25, 0.3) is 0 Å². The Hall–Kier alpha value is -4.00. The van der Waals surface area contributed by atoms with Crippen molar-refractivity contribution in [2.45, 2.75) is 0 Å². The maximum absolute atomic E-state index is 12.9. The first kappa shape index (κ1) is 19.8. The topological polar surface area (TPSA) is 84.5 Å². The van der Waals surface area contributed by atoms with E-state index >= 15 is 0 Å². The number of nitrogens with one attached hydrogen (secondary N) is 2. The molecule has 0 saturated carbocycles. The second-order valence-electron chi connectivity index (χ2n) is 6.00. The molecule has 0 fully saturated rings. The second kappa shape index (κ2) is 9.27. The fraction of sp³-hybridized carbons (Fsp3) is 0.0455. The van der Waals surface area contributed by atoms with Crippen LogP contribution in [0.1, 0.15) is 20.7 Å². The number of hydrogen-bond donors (Lipinski definition) is 2. The molecule has 0 aliphatic carbocycles. The molecule has 0 heterocycles. The van der Waals surface area contributed by atoms with Crippen LogP contribution in [0.4, 0.5) is 15.8 Å². The molecule has 2 N–H and O–H groups in total. The minimum absolute atomic E-state index is 0.127. The zero-order valence-corrected chi connectivity index (χ0v) is 15.2. The number of benzene rings is 3. The summed E-state index contributed by atoms with van der Waals surface area (Å²) in [6.45, 7) is -0.551. The Balaban J connectivity index is 1.61. The number of rotatable bonds is 6. The summed E-state index contributed by atoms with van der Waals surface area (Å²) in [4.78, 5) is 36.6. The third-order valence-corrected chi connectivity index (χ3v) is 3.89. The molecule has 2 amide bonds. The summed E-state index contributed by atoms with van der Waals surface area (Å²) >= 11 is 0. The molecule has 6 nitrogen and oxygen atoms in total. The first-order chi connectivity index (χ1) is 14.0. The van der Waals surface area contributed by atoms with E-state index in [1.54, 1.807) is 48.5 Å². The highest BCUT2D eigenvalue weighted by molar-refractivity contribution is 6.10. The van der Waals surface area contributed by atoms with E-state index in [4.69, 9.17) is 4.74 Å². The number of amides is 2. The van der Waals surface area contributed by atoms with Crippen LogP contribution < -0.4 is 10.6 Å². The number of carbonyl (C=O) groups excluding carboxylic acids is 3. The van der Waals surface area contributed by atoms with Crippen LogP contribution in [0.3, 0.4) is 0 Å². The van der Waals surface area contributed by atoms with Crippen LogP contribution in [0.2, 0.25) is 0 Å². The Kier molecular flexibility index (Phi) is 6.32. The van der Waals surface area contributed by atoms with Crippen LogP contribution in [0, 0.1) is 5.82 Å². The molecular weight excluding hydrogens is 375 g/mol. The smallest absolute Gasteiger partial charge is 0.338 e. The summed E-state index contributed by atoms with van der Waals surface area (Å²) in [7, 11) is 0. The minimum atomic E-state index is -0.754. The van der Waals surface area contributed by atoms with E-state index in [0.717, 1.165) is 12.1 Å². The first-order valence-corrected chi connectivity index (χ1v) is 8.71. The van der Waals surface area contributed by atoms with Gasteiger partial charge in [0.05, 0.1) is 16.8 Å². The summed E-state index contributed by atoms with van der Waals surface area (Å²) < 4.78 is 17.8. The third-order valence-electron chi connectivity index (χ3n) is 3.89. The highest BCUT2D eigenvalue weighted by Gasteiger charge is 2.15. The van der Waals surface area contributed by atoms with Crippen molar-refractivity contribution in [1.29, 1.82) is 0 Å². The van der Waals surface area contributed by atoms with Crippen molar-refractivity contribution in [3.05, 3.63) is 95.8 Å². The van der Waals surface area contributed by atoms with Crippen LogP contribution in [0.15, 0.2) is 78.9 Å². The standard InChI is InChI=1S/C22H17FN2O4/c23-16-12-10-15(11-13-16)22(28)29-14-20(26)25-19-9-5-4-8-18(19)21(27)24-17-6-2-1-3-7-17/h1-13H,14H2,(H,24,27)(H,25,26). The molecule has 0 atom stereocenters.